The molecule has 0 aromatic carbocycles. The van der Waals surface area contributed by atoms with Gasteiger partial charge in [0.25, 0.3) is 0 Å². The molecule has 0 amide bonds. The summed E-state index contributed by atoms with van der Waals surface area (Å²) < 4.78 is 5.50. The van der Waals surface area contributed by atoms with E-state index in [0.29, 0.717) is 12.0 Å². The fraction of sp³-hybridized carbons (Fsp3) is 1.00. The third-order valence-electron chi connectivity index (χ3n) is 2.36. The minimum Gasteiger partial charge on any atom is -0.394 e. The highest BCUT2D eigenvalue weighted by atomic mass is 16.5. The first-order valence-electron chi connectivity index (χ1n) is 4.00. The van der Waals surface area contributed by atoms with Gasteiger partial charge in [0.2, 0.25) is 0 Å². The second kappa shape index (κ2) is 3.35. The summed E-state index contributed by atoms with van der Waals surface area (Å²) in [6.45, 7) is 4.45. The molecule has 1 saturated heterocycles. The first-order valence-corrected chi connectivity index (χ1v) is 4.00. The summed E-state index contributed by atoms with van der Waals surface area (Å²) in [7, 11) is 0. The minimum atomic E-state index is 0.103. The molecular formula is C8H16O2. The molecule has 1 N–H and O–H groups in total. The normalized spacial score (nSPS) is 41.7. The van der Waals surface area contributed by atoms with Crippen LogP contribution in [0.15, 0.2) is 0 Å². The zero-order chi connectivity index (χ0) is 7.56. The van der Waals surface area contributed by atoms with Crippen LogP contribution < -0.4 is 0 Å². The summed E-state index contributed by atoms with van der Waals surface area (Å²) in [6, 6.07) is 0. The number of rotatable bonds is 1. The van der Waals surface area contributed by atoms with Crippen LogP contribution in [0, 0.1) is 5.92 Å². The van der Waals surface area contributed by atoms with Gasteiger partial charge < -0.3 is 9.84 Å². The van der Waals surface area contributed by atoms with Gasteiger partial charge in [0, 0.05) is 0 Å². The van der Waals surface area contributed by atoms with E-state index >= 15 is 0 Å². The summed E-state index contributed by atoms with van der Waals surface area (Å²) >= 11 is 0. The Kier molecular flexibility index (Phi) is 2.69. The molecule has 0 aliphatic carbocycles. The molecule has 2 nitrogen and oxygen atoms in total. The number of hydrogen-bond donors (Lipinski definition) is 1. The van der Waals surface area contributed by atoms with Crippen molar-refractivity contribution in [3.05, 3.63) is 0 Å². The van der Waals surface area contributed by atoms with E-state index < -0.39 is 0 Å². The number of hydrogen-bond acceptors (Lipinski definition) is 2. The molecule has 2 unspecified atom stereocenters. The lowest BCUT2D eigenvalue weighted by molar-refractivity contribution is -0.0880. The SMILES string of the molecule is CC1CCC(CO)O[C@H]1C. The minimum absolute atomic E-state index is 0.103. The Bertz CT molecular complexity index is 103. The number of aliphatic hydroxyl groups is 1. The molecule has 0 saturated carbocycles. The average molecular weight is 144 g/mol. The molecule has 1 aliphatic rings. The summed E-state index contributed by atoms with van der Waals surface area (Å²) in [5.74, 6) is 0.655. The monoisotopic (exact) mass is 144 g/mol. The van der Waals surface area contributed by atoms with Gasteiger partial charge in [0.05, 0.1) is 18.8 Å². The zero-order valence-electron chi connectivity index (χ0n) is 6.71. The lowest BCUT2D eigenvalue weighted by Gasteiger charge is -2.31. The molecule has 1 heterocycles. The number of aliphatic hydroxyl groups excluding tert-OH is 1. The maximum Gasteiger partial charge on any atom is 0.0809 e. The van der Waals surface area contributed by atoms with E-state index in [2.05, 4.69) is 13.8 Å². The predicted octanol–water partition coefficient (Wildman–Crippen LogP) is 1.18. The van der Waals surface area contributed by atoms with Crippen LogP contribution in [0.3, 0.4) is 0 Å². The second-order valence-electron chi connectivity index (χ2n) is 3.20. The van der Waals surface area contributed by atoms with Crippen molar-refractivity contribution in [3.63, 3.8) is 0 Å². The van der Waals surface area contributed by atoms with E-state index in [1.807, 2.05) is 0 Å². The van der Waals surface area contributed by atoms with Crippen LogP contribution in [-0.2, 0) is 4.74 Å². The van der Waals surface area contributed by atoms with E-state index in [1.165, 1.54) is 6.42 Å². The van der Waals surface area contributed by atoms with Crippen molar-refractivity contribution in [2.45, 2.75) is 38.9 Å². The van der Waals surface area contributed by atoms with Gasteiger partial charge in [-0.3, -0.25) is 0 Å². The van der Waals surface area contributed by atoms with Crippen molar-refractivity contribution in [2.75, 3.05) is 6.61 Å². The van der Waals surface area contributed by atoms with E-state index in [9.17, 15) is 0 Å². The second-order valence-corrected chi connectivity index (χ2v) is 3.20. The van der Waals surface area contributed by atoms with Gasteiger partial charge in [0.1, 0.15) is 0 Å². The van der Waals surface area contributed by atoms with Crippen LogP contribution >= 0.6 is 0 Å². The van der Waals surface area contributed by atoms with Gasteiger partial charge in [-0.05, 0) is 25.7 Å². The van der Waals surface area contributed by atoms with Crippen LogP contribution in [0.2, 0.25) is 0 Å². The molecule has 1 aliphatic heterocycles. The first-order chi connectivity index (χ1) is 4.74. The third kappa shape index (κ3) is 1.70. The van der Waals surface area contributed by atoms with Crippen LogP contribution in [0.1, 0.15) is 26.7 Å². The van der Waals surface area contributed by atoms with Crippen LogP contribution in [0.5, 0.6) is 0 Å². The summed E-state index contributed by atoms with van der Waals surface area (Å²) in [6.07, 6.45) is 2.63. The molecular weight excluding hydrogens is 128 g/mol. The van der Waals surface area contributed by atoms with E-state index in [-0.39, 0.29) is 12.7 Å². The third-order valence-corrected chi connectivity index (χ3v) is 2.36. The maximum absolute atomic E-state index is 8.77. The van der Waals surface area contributed by atoms with Crippen molar-refractivity contribution >= 4 is 0 Å². The maximum atomic E-state index is 8.77. The van der Waals surface area contributed by atoms with Gasteiger partial charge >= 0.3 is 0 Å². The van der Waals surface area contributed by atoms with Crippen LogP contribution in [0.25, 0.3) is 0 Å². The van der Waals surface area contributed by atoms with E-state index in [4.69, 9.17) is 9.84 Å². The van der Waals surface area contributed by atoms with Gasteiger partial charge in [-0.25, -0.2) is 0 Å². The van der Waals surface area contributed by atoms with E-state index in [1.54, 1.807) is 0 Å². The quantitative estimate of drug-likeness (QED) is 0.599. The average Bonchev–Trinajstić information content (AvgIpc) is 1.95. The van der Waals surface area contributed by atoms with E-state index in [0.717, 1.165) is 6.42 Å². The van der Waals surface area contributed by atoms with Crippen LogP contribution in [-0.4, -0.2) is 23.9 Å². The fourth-order valence-electron chi connectivity index (χ4n) is 1.32. The standard InChI is InChI=1S/C8H16O2/c1-6-3-4-8(5-9)10-7(6)2/h6-9H,3-5H2,1-2H3/t6?,7-,8?/m0/s1. The number of ether oxygens (including phenoxy) is 1. The Morgan fingerprint density at radius 1 is 1.40 bits per heavy atom. The zero-order valence-corrected chi connectivity index (χ0v) is 6.71. The Morgan fingerprint density at radius 3 is 2.60 bits per heavy atom. The molecule has 10 heavy (non-hydrogen) atoms. The van der Waals surface area contributed by atoms with Gasteiger partial charge in [-0.15, -0.1) is 0 Å². The van der Waals surface area contributed by atoms with Gasteiger partial charge in [-0.2, -0.15) is 0 Å². The fourth-order valence-corrected chi connectivity index (χ4v) is 1.32. The Labute approximate surface area is 62.2 Å². The molecule has 0 aromatic rings. The van der Waals surface area contributed by atoms with Crippen molar-refractivity contribution in [1.29, 1.82) is 0 Å². The van der Waals surface area contributed by atoms with Crippen LogP contribution in [0.4, 0.5) is 0 Å². The van der Waals surface area contributed by atoms with Crippen molar-refractivity contribution in [1.82, 2.24) is 0 Å². The molecule has 2 heteroatoms. The summed E-state index contributed by atoms with van der Waals surface area (Å²) in [5, 5.41) is 8.77. The summed E-state index contributed by atoms with van der Waals surface area (Å²) in [4.78, 5) is 0. The topological polar surface area (TPSA) is 29.5 Å². The highest BCUT2D eigenvalue weighted by Crippen LogP contribution is 2.23. The van der Waals surface area contributed by atoms with Gasteiger partial charge in [-0.1, -0.05) is 6.92 Å². The molecule has 1 rings (SSSR count). The summed E-state index contributed by atoms with van der Waals surface area (Å²) in [5.41, 5.74) is 0. The highest BCUT2D eigenvalue weighted by Gasteiger charge is 2.23. The molecule has 0 aromatic heterocycles. The largest absolute Gasteiger partial charge is 0.394 e. The molecule has 3 atom stereocenters. The Hall–Kier alpha value is -0.0800. The molecule has 0 bridgehead atoms. The molecule has 0 spiro atoms. The lowest BCUT2D eigenvalue weighted by atomic mass is 9.95. The Balaban J connectivity index is 2.33. The predicted molar refractivity (Wildman–Crippen MR) is 39.8 cm³/mol. The Morgan fingerprint density at radius 2 is 2.10 bits per heavy atom. The first kappa shape index (κ1) is 8.02. The van der Waals surface area contributed by atoms with Crippen molar-refractivity contribution in [2.24, 2.45) is 5.92 Å². The molecule has 60 valence electrons. The smallest absolute Gasteiger partial charge is 0.0809 e. The van der Waals surface area contributed by atoms with Crippen molar-refractivity contribution in [3.8, 4) is 0 Å². The van der Waals surface area contributed by atoms with Gasteiger partial charge in [0.15, 0.2) is 0 Å². The van der Waals surface area contributed by atoms with Crippen molar-refractivity contribution < 1.29 is 9.84 Å². The lowest BCUT2D eigenvalue weighted by Crippen LogP contribution is -2.33. The molecule has 0 radical (unpaired) electrons. The molecule has 1 fully saturated rings. The highest BCUT2D eigenvalue weighted by molar-refractivity contribution is 4.72.